The van der Waals surface area contributed by atoms with Crippen molar-refractivity contribution in [1.82, 2.24) is 0 Å². The monoisotopic (exact) mass is 223 g/mol. The first kappa shape index (κ1) is 10.4. The van der Waals surface area contributed by atoms with Gasteiger partial charge in [0.1, 0.15) is 0 Å². The van der Waals surface area contributed by atoms with Gasteiger partial charge in [-0.25, -0.2) is 0 Å². The van der Waals surface area contributed by atoms with Gasteiger partial charge in [0.15, 0.2) is 0 Å². The van der Waals surface area contributed by atoms with Crippen molar-refractivity contribution in [3.8, 4) is 0 Å². The first-order valence-corrected chi connectivity index (χ1v) is 6.22. The third-order valence-electron chi connectivity index (χ3n) is 3.53. The highest BCUT2D eigenvalue weighted by atomic mass is 14.9. The van der Waals surface area contributed by atoms with Crippen molar-refractivity contribution >= 4 is 11.4 Å². The van der Waals surface area contributed by atoms with E-state index in [0.717, 1.165) is 0 Å². The quantitative estimate of drug-likeness (QED) is 0.748. The van der Waals surface area contributed by atoms with E-state index in [1.165, 1.54) is 22.5 Å². The maximum atomic E-state index is 3.53. The summed E-state index contributed by atoms with van der Waals surface area (Å²) in [6, 6.07) is 17.3. The molecule has 1 heteroatoms. The standard InChI is InChI=1S/C16H17N/c1-11(2)16-12-7-3-5-9-14(12)17-15-10-6-4-8-13(15)16/h3-11,16-17H,1-2H3. The van der Waals surface area contributed by atoms with Gasteiger partial charge in [-0.1, -0.05) is 50.2 Å². The lowest BCUT2D eigenvalue weighted by molar-refractivity contribution is 0.563. The number of fused-ring (bicyclic) bond motifs is 2. The molecule has 0 fully saturated rings. The smallest absolute Gasteiger partial charge is 0.0423 e. The molecular formula is C16H17N. The number of nitrogens with one attached hydrogen (secondary N) is 1. The summed E-state index contributed by atoms with van der Waals surface area (Å²) in [6.07, 6.45) is 0. The van der Waals surface area contributed by atoms with Crippen molar-refractivity contribution in [3.63, 3.8) is 0 Å². The fourth-order valence-corrected chi connectivity index (χ4v) is 2.79. The predicted octanol–water partition coefficient (Wildman–Crippen LogP) is 4.53. The SMILES string of the molecule is CC(C)C1c2ccccc2Nc2ccccc21. The van der Waals surface area contributed by atoms with Gasteiger partial charge in [0.25, 0.3) is 0 Å². The van der Waals surface area contributed by atoms with E-state index < -0.39 is 0 Å². The van der Waals surface area contributed by atoms with Gasteiger partial charge in [-0.3, -0.25) is 0 Å². The highest BCUT2D eigenvalue weighted by molar-refractivity contribution is 5.73. The van der Waals surface area contributed by atoms with Crippen molar-refractivity contribution < 1.29 is 0 Å². The molecule has 0 aliphatic carbocycles. The Labute approximate surface area is 102 Å². The molecule has 1 aliphatic heterocycles. The first-order valence-electron chi connectivity index (χ1n) is 6.22. The second-order valence-electron chi connectivity index (χ2n) is 5.02. The number of rotatable bonds is 1. The van der Waals surface area contributed by atoms with Gasteiger partial charge in [-0.2, -0.15) is 0 Å². The van der Waals surface area contributed by atoms with Gasteiger partial charge < -0.3 is 5.32 Å². The van der Waals surface area contributed by atoms with Crippen LogP contribution in [0.3, 0.4) is 0 Å². The van der Waals surface area contributed by atoms with Gasteiger partial charge in [0.2, 0.25) is 0 Å². The fourth-order valence-electron chi connectivity index (χ4n) is 2.79. The molecule has 0 aromatic heterocycles. The molecule has 0 atom stereocenters. The Morgan fingerprint density at radius 2 is 1.29 bits per heavy atom. The zero-order valence-electron chi connectivity index (χ0n) is 10.3. The molecule has 2 aromatic rings. The molecule has 2 aromatic carbocycles. The van der Waals surface area contributed by atoms with Crippen molar-refractivity contribution in [2.75, 3.05) is 5.32 Å². The van der Waals surface area contributed by atoms with Crippen molar-refractivity contribution in [3.05, 3.63) is 59.7 Å². The van der Waals surface area contributed by atoms with E-state index in [0.29, 0.717) is 11.8 Å². The lowest BCUT2D eigenvalue weighted by Gasteiger charge is -2.31. The Morgan fingerprint density at radius 3 is 1.76 bits per heavy atom. The summed E-state index contributed by atoms with van der Waals surface area (Å²) in [6.45, 7) is 4.59. The lowest BCUT2D eigenvalue weighted by Crippen LogP contribution is -2.16. The summed E-state index contributed by atoms with van der Waals surface area (Å²) in [4.78, 5) is 0. The molecule has 17 heavy (non-hydrogen) atoms. The number of benzene rings is 2. The minimum atomic E-state index is 0.503. The van der Waals surface area contributed by atoms with Gasteiger partial charge in [0.05, 0.1) is 0 Å². The number of hydrogen-bond acceptors (Lipinski definition) is 1. The van der Waals surface area contributed by atoms with Crippen molar-refractivity contribution in [1.29, 1.82) is 0 Å². The van der Waals surface area contributed by atoms with Crippen LogP contribution in [0.15, 0.2) is 48.5 Å². The zero-order chi connectivity index (χ0) is 11.8. The Kier molecular flexibility index (Phi) is 2.40. The third kappa shape index (κ3) is 1.62. The highest BCUT2D eigenvalue weighted by Gasteiger charge is 2.26. The second-order valence-corrected chi connectivity index (χ2v) is 5.02. The maximum Gasteiger partial charge on any atom is 0.0423 e. The molecule has 3 rings (SSSR count). The van der Waals surface area contributed by atoms with E-state index in [1.54, 1.807) is 0 Å². The van der Waals surface area contributed by atoms with E-state index in [2.05, 4.69) is 67.7 Å². The normalized spacial score (nSPS) is 14.1. The predicted molar refractivity (Wildman–Crippen MR) is 72.8 cm³/mol. The second kappa shape index (κ2) is 3.92. The zero-order valence-corrected chi connectivity index (χ0v) is 10.3. The minimum Gasteiger partial charge on any atom is -0.355 e. The van der Waals surface area contributed by atoms with Crippen LogP contribution in [0, 0.1) is 5.92 Å². The van der Waals surface area contributed by atoms with Crippen LogP contribution >= 0.6 is 0 Å². The van der Waals surface area contributed by atoms with E-state index in [9.17, 15) is 0 Å². The molecule has 0 bridgehead atoms. The topological polar surface area (TPSA) is 12.0 Å². The van der Waals surface area contributed by atoms with Crippen LogP contribution in [0.2, 0.25) is 0 Å². The Balaban J connectivity index is 2.21. The Morgan fingerprint density at radius 1 is 0.824 bits per heavy atom. The molecule has 0 unspecified atom stereocenters. The van der Waals surface area contributed by atoms with Crippen LogP contribution in [0.1, 0.15) is 30.9 Å². The molecule has 1 aliphatic rings. The highest BCUT2D eigenvalue weighted by Crippen LogP contribution is 2.44. The number of hydrogen-bond donors (Lipinski definition) is 1. The average molecular weight is 223 g/mol. The van der Waals surface area contributed by atoms with E-state index >= 15 is 0 Å². The van der Waals surface area contributed by atoms with Crippen LogP contribution < -0.4 is 5.32 Å². The average Bonchev–Trinajstić information content (AvgIpc) is 2.35. The summed E-state index contributed by atoms with van der Waals surface area (Å²) in [5.41, 5.74) is 5.34. The van der Waals surface area contributed by atoms with Gasteiger partial charge >= 0.3 is 0 Å². The van der Waals surface area contributed by atoms with E-state index in [4.69, 9.17) is 0 Å². The van der Waals surface area contributed by atoms with Gasteiger partial charge in [-0.05, 0) is 29.2 Å². The lowest BCUT2D eigenvalue weighted by atomic mass is 9.79. The Bertz CT molecular complexity index is 497. The third-order valence-corrected chi connectivity index (χ3v) is 3.53. The summed E-state index contributed by atoms with van der Waals surface area (Å²) < 4.78 is 0. The summed E-state index contributed by atoms with van der Waals surface area (Å²) in [5, 5.41) is 3.53. The molecule has 86 valence electrons. The maximum absolute atomic E-state index is 3.53. The van der Waals surface area contributed by atoms with Gasteiger partial charge in [-0.15, -0.1) is 0 Å². The van der Waals surface area contributed by atoms with Crippen LogP contribution in [0.5, 0.6) is 0 Å². The van der Waals surface area contributed by atoms with Crippen LogP contribution in [0.4, 0.5) is 11.4 Å². The first-order chi connectivity index (χ1) is 8.27. The van der Waals surface area contributed by atoms with Crippen LogP contribution in [-0.2, 0) is 0 Å². The number of anilines is 2. The van der Waals surface area contributed by atoms with Crippen molar-refractivity contribution in [2.45, 2.75) is 19.8 Å². The minimum absolute atomic E-state index is 0.503. The Hall–Kier alpha value is -1.76. The van der Waals surface area contributed by atoms with Gasteiger partial charge in [0, 0.05) is 17.3 Å². The summed E-state index contributed by atoms with van der Waals surface area (Å²) in [7, 11) is 0. The molecule has 0 radical (unpaired) electrons. The molecule has 1 heterocycles. The molecule has 0 saturated heterocycles. The summed E-state index contributed by atoms with van der Waals surface area (Å²) >= 11 is 0. The molecule has 0 spiro atoms. The largest absolute Gasteiger partial charge is 0.355 e. The summed E-state index contributed by atoms with van der Waals surface area (Å²) in [5.74, 6) is 1.11. The van der Waals surface area contributed by atoms with Crippen LogP contribution in [0.25, 0.3) is 0 Å². The molecule has 1 N–H and O–H groups in total. The van der Waals surface area contributed by atoms with Crippen LogP contribution in [-0.4, -0.2) is 0 Å². The molecule has 0 amide bonds. The molecule has 1 nitrogen and oxygen atoms in total. The fraction of sp³-hybridized carbons (Fsp3) is 0.250. The van der Waals surface area contributed by atoms with E-state index in [-0.39, 0.29) is 0 Å². The van der Waals surface area contributed by atoms with E-state index in [1.807, 2.05) is 0 Å². The molecular weight excluding hydrogens is 206 g/mol. The van der Waals surface area contributed by atoms with Crippen molar-refractivity contribution in [2.24, 2.45) is 5.92 Å². The number of para-hydroxylation sites is 2. The molecule has 0 saturated carbocycles.